The van der Waals surface area contributed by atoms with Gasteiger partial charge in [-0.05, 0) is 104 Å². The zero-order chi connectivity index (χ0) is 37.0. The quantitative estimate of drug-likeness (QED) is 0.156. The molecule has 0 unspecified atom stereocenters. The largest absolute Gasteiger partial charge is 0.309 e. The highest BCUT2D eigenvalue weighted by molar-refractivity contribution is 6.21. The molecule has 0 atom stereocenters. The van der Waals surface area contributed by atoms with E-state index >= 15 is 0 Å². The van der Waals surface area contributed by atoms with Crippen molar-refractivity contribution in [1.29, 1.82) is 0 Å². The predicted molar refractivity (Wildman–Crippen MR) is 239 cm³/mol. The Morgan fingerprint density at radius 1 is 0.321 bits per heavy atom. The number of fused-ring (bicyclic) bond motifs is 8. The zero-order valence-corrected chi connectivity index (χ0v) is 30.7. The molecule has 0 saturated carbocycles. The molecule has 11 rings (SSSR count). The molecule has 262 valence electrons. The number of hydrogen-bond acceptors (Lipinski definition) is 1. The summed E-state index contributed by atoms with van der Waals surface area (Å²) in [7, 11) is 0. The predicted octanol–water partition coefficient (Wildman–Crippen LogP) is 15.0. The summed E-state index contributed by atoms with van der Waals surface area (Å²) in [4.78, 5) is 2.45. The second-order valence-electron chi connectivity index (χ2n) is 14.5. The van der Waals surface area contributed by atoms with Gasteiger partial charge in [-0.1, -0.05) is 164 Å². The lowest BCUT2D eigenvalue weighted by atomic mass is 9.94. The summed E-state index contributed by atoms with van der Waals surface area (Å²) >= 11 is 0. The van der Waals surface area contributed by atoms with E-state index < -0.39 is 0 Å². The smallest absolute Gasteiger partial charge is 0.0562 e. The van der Waals surface area contributed by atoms with Gasteiger partial charge in [-0.2, -0.15) is 0 Å². The van der Waals surface area contributed by atoms with Gasteiger partial charge in [-0.3, -0.25) is 0 Å². The molecule has 1 aromatic heterocycles. The second kappa shape index (κ2) is 13.2. The summed E-state index contributed by atoms with van der Waals surface area (Å²) in [5.74, 6) is 0. The van der Waals surface area contributed by atoms with Crippen molar-refractivity contribution in [2.24, 2.45) is 0 Å². The summed E-state index contributed by atoms with van der Waals surface area (Å²) in [5, 5.41) is 10.1. The van der Waals surface area contributed by atoms with Crippen LogP contribution < -0.4 is 4.90 Å². The fourth-order valence-electron chi connectivity index (χ4n) is 8.80. The van der Waals surface area contributed by atoms with E-state index in [1.807, 2.05) is 0 Å². The lowest BCUT2D eigenvalue weighted by Gasteiger charge is -2.29. The van der Waals surface area contributed by atoms with Crippen molar-refractivity contribution < 1.29 is 0 Å². The number of hydrogen-bond donors (Lipinski definition) is 0. The van der Waals surface area contributed by atoms with Gasteiger partial charge in [0.25, 0.3) is 0 Å². The Morgan fingerprint density at radius 2 is 0.929 bits per heavy atom. The first-order chi connectivity index (χ1) is 27.8. The zero-order valence-electron chi connectivity index (χ0n) is 30.7. The maximum Gasteiger partial charge on any atom is 0.0562 e. The first kappa shape index (κ1) is 32.0. The molecule has 0 spiro atoms. The van der Waals surface area contributed by atoms with Crippen LogP contribution >= 0.6 is 0 Å². The number of nitrogens with zero attached hydrogens (tertiary/aromatic N) is 2. The molecule has 10 aromatic carbocycles. The van der Waals surface area contributed by atoms with E-state index in [1.165, 1.54) is 76.4 Å². The average Bonchev–Trinajstić information content (AvgIpc) is 3.62. The van der Waals surface area contributed by atoms with Crippen LogP contribution in [0.25, 0.3) is 82.1 Å². The van der Waals surface area contributed by atoms with Gasteiger partial charge in [0.1, 0.15) is 0 Å². The first-order valence-corrected chi connectivity index (χ1v) is 19.3. The molecule has 1 heterocycles. The summed E-state index contributed by atoms with van der Waals surface area (Å²) in [5.41, 5.74) is 11.6. The van der Waals surface area contributed by atoms with Crippen LogP contribution in [0.1, 0.15) is 0 Å². The molecule has 0 aliphatic rings. The van der Waals surface area contributed by atoms with Crippen LogP contribution in [-0.4, -0.2) is 4.57 Å². The van der Waals surface area contributed by atoms with Gasteiger partial charge < -0.3 is 9.47 Å². The van der Waals surface area contributed by atoms with Gasteiger partial charge >= 0.3 is 0 Å². The van der Waals surface area contributed by atoms with Crippen molar-refractivity contribution in [2.75, 3.05) is 4.90 Å². The Labute approximate surface area is 325 Å². The summed E-state index contributed by atoms with van der Waals surface area (Å²) < 4.78 is 2.39. The molecule has 0 fully saturated rings. The third kappa shape index (κ3) is 5.19. The standard InChI is InChI=1S/C54H36N2/c1-3-14-38(15-4-1)45-19-9-11-22-49(45)56(52-25-13-24-51-54(52)48-21-10-12-23-50(48)55(51)43-17-5-2-6-18-43)44-33-30-37(31-34-44)41-32-35-47-42(36-41)29-28-40-27-26-39-16-7-8-20-46(39)53(40)47/h1-36H. The molecular formula is C54H36N2. The van der Waals surface area contributed by atoms with Gasteiger partial charge in [0.05, 0.1) is 22.4 Å². The Hall–Kier alpha value is -7.42. The van der Waals surface area contributed by atoms with Crippen molar-refractivity contribution in [1.82, 2.24) is 4.57 Å². The van der Waals surface area contributed by atoms with E-state index in [1.54, 1.807) is 0 Å². The maximum absolute atomic E-state index is 2.45. The van der Waals surface area contributed by atoms with Crippen LogP contribution in [0.4, 0.5) is 17.1 Å². The number of aromatic nitrogens is 1. The van der Waals surface area contributed by atoms with E-state index in [0.29, 0.717) is 0 Å². The molecule has 0 aliphatic carbocycles. The molecule has 0 radical (unpaired) electrons. The van der Waals surface area contributed by atoms with Gasteiger partial charge in [0, 0.05) is 27.7 Å². The summed E-state index contributed by atoms with van der Waals surface area (Å²) in [6, 6.07) is 79.4. The monoisotopic (exact) mass is 712 g/mol. The van der Waals surface area contributed by atoms with Gasteiger partial charge in [0.2, 0.25) is 0 Å². The van der Waals surface area contributed by atoms with E-state index in [9.17, 15) is 0 Å². The van der Waals surface area contributed by atoms with Crippen LogP contribution in [0.3, 0.4) is 0 Å². The highest BCUT2D eigenvalue weighted by Gasteiger charge is 2.23. The molecule has 2 heteroatoms. The molecular weight excluding hydrogens is 677 g/mol. The minimum absolute atomic E-state index is 1.10. The second-order valence-corrected chi connectivity index (χ2v) is 14.5. The molecule has 56 heavy (non-hydrogen) atoms. The van der Waals surface area contributed by atoms with Gasteiger partial charge in [0.15, 0.2) is 0 Å². The number of para-hydroxylation sites is 3. The van der Waals surface area contributed by atoms with Crippen molar-refractivity contribution in [3.63, 3.8) is 0 Å². The Morgan fingerprint density at radius 3 is 1.77 bits per heavy atom. The highest BCUT2D eigenvalue weighted by Crippen LogP contribution is 2.47. The topological polar surface area (TPSA) is 8.17 Å². The van der Waals surface area contributed by atoms with Crippen LogP contribution in [0.15, 0.2) is 218 Å². The Kier molecular flexibility index (Phi) is 7.53. The molecule has 0 bridgehead atoms. The van der Waals surface area contributed by atoms with Crippen LogP contribution in [-0.2, 0) is 0 Å². The van der Waals surface area contributed by atoms with Crippen molar-refractivity contribution >= 4 is 71.2 Å². The van der Waals surface area contributed by atoms with Crippen LogP contribution in [0.5, 0.6) is 0 Å². The van der Waals surface area contributed by atoms with Crippen LogP contribution in [0, 0.1) is 0 Å². The minimum Gasteiger partial charge on any atom is -0.309 e. The van der Waals surface area contributed by atoms with E-state index in [0.717, 1.165) is 22.7 Å². The fraction of sp³-hybridized carbons (Fsp3) is 0. The normalized spacial score (nSPS) is 11.6. The first-order valence-electron chi connectivity index (χ1n) is 19.3. The van der Waals surface area contributed by atoms with Crippen molar-refractivity contribution in [3.8, 4) is 27.9 Å². The Balaban J connectivity index is 1.10. The number of rotatable bonds is 6. The third-order valence-electron chi connectivity index (χ3n) is 11.3. The van der Waals surface area contributed by atoms with Gasteiger partial charge in [-0.15, -0.1) is 0 Å². The molecule has 11 aromatic rings. The Bertz CT molecular complexity index is 3230. The minimum atomic E-state index is 1.10. The summed E-state index contributed by atoms with van der Waals surface area (Å²) in [6.45, 7) is 0. The fourth-order valence-corrected chi connectivity index (χ4v) is 8.80. The molecule has 0 aliphatic heterocycles. The number of benzene rings is 10. The summed E-state index contributed by atoms with van der Waals surface area (Å²) in [6.07, 6.45) is 0. The maximum atomic E-state index is 2.45. The molecule has 0 N–H and O–H groups in total. The van der Waals surface area contributed by atoms with Gasteiger partial charge in [-0.25, -0.2) is 0 Å². The van der Waals surface area contributed by atoms with E-state index in [4.69, 9.17) is 0 Å². The van der Waals surface area contributed by atoms with Crippen LogP contribution in [0.2, 0.25) is 0 Å². The average molecular weight is 713 g/mol. The lowest BCUT2D eigenvalue weighted by molar-refractivity contribution is 1.18. The highest BCUT2D eigenvalue weighted by atomic mass is 15.1. The molecule has 0 saturated heterocycles. The number of anilines is 3. The van der Waals surface area contributed by atoms with Crippen molar-refractivity contribution in [2.45, 2.75) is 0 Å². The van der Waals surface area contributed by atoms with E-state index in [-0.39, 0.29) is 0 Å². The van der Waals surface area contributed by atoms with E-state index in [2.05, 4.69) is 228 Å². The molecule has 2 nitrogen and oxygen atoms in total. The SMILES string of the molecule is c1ccc(-c2ccccc2N(c2ccc(-c3ccc4c(ccc5ccc6ccccc6c54)c3)cc2)c2cccc3c2c2ccccc2n3-c2ccccc2)cc1. The third-order valence-corrected chi connectivity index (χ3v) is 11.3. The van der Waals surface area contributed by atoms with Crippen molar-refractivity contribution in [3.05, 3.63) is 218 Å². The molecule has 0 amide bonds. The lowest BCUT2D eigenvalue weighted by Crippen LogP contribution is -2.11.